The molecule has 6 nitrogen and oxygen atoms in total. The van der Waals surface area contributed by atoms with Crippen LogP contribution in [0.15, 0.2) is 60.8 Å². The molecule has 0 N–H and O–H groups in total. The fourth-order valence-electron chi connectivity index (χ4n) is 6.83. The van der Waals surface area contributed by atoms with E-state index in [1.807, 2.05) is 0 Å². The molecule has 0 saturated carbocycles. The van der Waals surface area contributed by atoms with Crippen LogP contribution in [-0.2, 0) is 28.6 Å². The van der Waals surface area contributed by atoms with Crippen LogP contribution in [0.3, 0.4) is 0 Å². The summed E-state index contributed by atoms with van der Waals surface area (Å²) in [6.45, 7) is 6.42. The molecule has 0 aromatic rings. The number of allylic oxidation sites excluding steroid dienone is 10. The second kappa shape index (κ2) is 47.8. The Hall–Kier alpha value is -2.89. The van der Waals surface area contributed by atoms with Crippen molar-refractivity contribution in [3.63, 3.8) is 0 Å². The second-order valence-corrected chi connectivity index (χ2v) is 16.4. The molecule has 0 aliphatic carbocycles. The third-order valence-electron chi connectivity index (χ3n) is 10.5. The Morgan fingerprint density at radius 1 is 0.356 bits per heavy atom. The summed E-state index contributed by atoms with van der Waals surface area (Å²) in [5.41, 5.74) is 0. The molecule has 0 heterocycles. The van der Waals surface area contributed by atoms with E-state index in [1.54, 1.807) is 0 Å². The first kappa shape index (κ1) is 56.1. The maximum absolute atomic E-state index is 12.7. The molecular formula is C53H92O6. The Kier molecular flexibility index (Phi) is 45.4. The Morgan fingerprint density at radius 2 is 0.661 bits per heavy atom. The predicted molar refractivity (Wildman–Crippen MR) is 251 cm³/mol. The molecule has 0 radical (unpaired) electrons. The van der Waals surface area contributed by atoms with Gasteiger partial charge in [-0.25, -0.2) is 0 Å². The molecule has 0 spiro atoms. The van der Waals surface area contributed by atoms with Gasteiger partial charge in [0.05, 0.1) is 0 Å². The summed E-state index contributed by atoms with van der Waals surface area (Å²) in [4.78, 5) is 37.7. The fourth-order valence-corrected chi connectivity index (χ4v) is 6.83. The average Bonchev–Trinajstić information content (AvgIpc) is 3.23. The zero-order valence-corrected chi connectivity index (χ0v) is 38.8. The van der Waals surface area contributed by atoms with Crippen LogP contribution in [0.25, 0.3) is 0 Å². The number of ether oxygens (including phenoxy) is 3. The van der Waals surface area contributed by atoms with E-state index < -0.39 is 6.10 Å². The van der Waals surface area contributed by atoms with Gasteiger partial charge in [0.1, 0.15) is 13.2 Å². The van der Waals surface area contributed by atoms with Gasteiger partial charge >= 0.3 is 17.9 Å². The first-order valence-electron chi connectivity index (χ1n) is 24.8. The summed E-state index contributed by atoms with van der Waals surface area (Å²) in [6, 6.07) is 0. The molecule has 0 amide bonds. The Labute approximate surface area is 364 Å². The molecule has 6 heteroatoms. The summed E-state index contributed by atoms with van der Waals surface area (Å²) in [7, 11) is 0. The number of carbonyl (C=O) groups is 3. The molecule has 340 valence electrons. The maximum Gasteiger partial charge on any atom is 0.306 e. The van der Waals surface area contributed by atoms with E-state index in [-0.39, 0.29) is 37.5 Å². The molecule has 0 aliphatic heterocycles. The van der Waals surface area contributed by atoms with Gasteiger partial charge < -0.3 is 14.2 Å². The van der Waals surface area contributed by atoms with Crippen molar-refractivity contribution < 1.29 is 28.6 Å². The zero-order chi connectivity index (χ0) is 43.0. The van der Waals surface area contributed by atoms with Gasteiger partial charge in [0.2, 0.25) is 0 Å². The molecule has 0 rings (SSSR count). The smallest absolute Gasteiger partial charge is 0.306 e. The molecule has 0 fully saturated rings. The minimum Gasteiger partial charge on any atom is -0.462 e. The van der Waals surface area contributed by atoms with E-state index in [1.165, 1.54) is 116 Å². The molecule has 59 heavy (non-hydrogen) atoms. The van der Waals surface area contributed by atoms with Crippen molar-refractivity contribution >= 4 is 17.9 Å². The van der Waals surface area contributed by atoms with E-state index in [0.29, 0.717) is 19.3 Å². The van der Waals surface area contributed by atoms with Crippen molar-refractivity contribution in [2.75, 3.05) is 13.2 Å². The third-order valence-corrected chi connectivity index (χ3v) is 10.5. The van der Waals surface area contributed by atoms with Crippen LogP contribution < -0.4 is 0 Å². The van der Waals surface area contributed by atoms with Crippen molar-refractivity contribution in [1.82, 2.24) is 0 Å². The largest absolute Gasteiger partial charge is 0.462 e. The van der Waals surface area contributed by atoms with Gasteiger partial charge in [0, 0.05) is 19.3 Å². The van der Waals surface area contributed by atoms with E-state index >= 15 is 0 Å². The highest BCUT2D eigenvalue weighted by Crippen LogP contribution is 2.15. The normalized spacial score (nSPS) is 12.5. The van der Waals surface area contributed by atoms with Gasteiger partial charge in [-0.05, 0) is 57.8 Å². The summed E-state index contributed by atoms with van der Waals surface area (Å²) in [6.07, 6.45) is 58.1. The molecular weight excluding hydrogens is 733 g/mol. The predicted octanol–water partition coefficient (Wildman–Crippen LogP) is 16.1. The Bertz CT molecular complexity index is 1090. The lowest BCUT2D eigenvalue weighted by Crippen LogP contribution is -2.30. The SMILES string of the molecule is CC/C=C\C/C=C\C/C=C\C/C=C\C/C=C\CCCC(=O)OC(COC(=O)CCCCCCCC)COC(=O)CCCCCCCCCCCCCCCCCCCC. The van der Waals surface area contributed by atoms with Crippen LogP contribution in [-0.4, -0.2) is 37.2 Å². The summed E-state index contributed by atoms with van der Waals surface area (Å²) in [5, 5.41) is 0. The summed E-state index contributed by atoms with van der Waals surface area (Å²) >= 11 is 0. The third kappa shape index (κ3) is 46.0. The Morgan fingerprint density at radius 3 is 1.02 bits per heavy atom. The van der Waals surface area contributed by atoms with Crippen molar-refractivity contribution in [2.45, 2.75) is 245 Å². The van der Waals surface area contributed by atoms with Gasteiger partial charge in [0.15, 0.2) is 6.10 Å². The molecule has 0 aromatic carbocycles. The number of hydrogen-bond acceptors (Lipinski definition) is 6. The minimum absolute atomic E-state index is 0.0946. The van der Waals surface area contributed by atoms with Crippen molar-refractivity contribution in [2.24, 2.45) is 0 Å². The minimum atomic E-state index is -0.797. The van der Waals surface area contributed by atoms with Crippen molar-refractivity contribution in [3.8, 4) is 0 Å². The molecule has 0 bridgehead atoms. The number of unbranched alkanes of at least 4 members (excludes halogenated alkanes) is 23. The van der Waals surface area contributed by atoms with Gasteiger partial charge in [-0.3, -0.25) is 14.4 Å². The summed E-state index contributed by atoms with van der Waals surface area (Å²) < 4.78 is 16.6. The standard InChI is InChI=1S/C53H92O6/c1-4-7-10-13-16-18-20-22-24-26-28-29-31-33-35-37-40-43-46-52(55)58-49-50(48-57-51(54)45-42-39-15-12-9-6-3)59-53(56)47-44-41-38-36-34-32-30-27-25-23-21-19-17-14-11-8-5-2/h8,11,17,19,23,25,30,32,36,38,50H,4-7,9-10,12-16,18,20-22,24,26-29,31,33-35,37,39-49H2,1-3H3/b11-8-,19-17-,25-23-,32-30-,38-36-. The van der Waals surface area contributed by atoms with Crippen LogP contribution in [0.4, 0.5) is 0 Å². The molecule has 1 unspecified atom stereocenters. The molecule has 0 aliphatic rings. The van der Waals surface area contributed by atoms with Crippen LogP contribution in [0.1, 0.15) is 239 Å². The quantitative estimate of drug-likeness (QED) is 0.0263. The number of carbonyl (C=O) groups excluding carboxylic acids is 3. The number of esters is 3. The second-order valence-electron chi connectivity index (χ2n) is 16.4. The molecule has 1 atom stereocenters. The lowest BCUT2D eigenvalue weighted by atomic mass is 10.0. The first-order chi connectivity index (χ1) is 29.0. The highest BCUT2D eigenvalue weighted by atomic mass is 16.6. The van der Waals surface area contributed by atoms with E-state index in [0.717, 1.165) is 77.0 Å². The zero-order valence-electron chi connectivity index (χ0n) is 38.8. The lowest BCUT2D eigenvalue weighted by molar-refractivity contribution is -0.167. The van der Waals surface area contributed by atoms with Gasteiger partial charge in [0.25, 0.3) is 0 Å². The van der Waals surface area contributed by atoms with Crippen LogP contribution in [0.5, 0.6) is 0 Å². The highest BCUT2D eigenvalue weighted by Gasteiger charge is 2.19. The first-order valence-corrected chi connectivity index (χ1v) is 24.8. The van der Waals surface area contributed by atoms with Crippen molar-refractivity contribution in [3.05, 3.63) is 60.8 Å². The highest BCUT2D eigenvalue weighted by molar-refractivity contribution is 5.71. The van der Waals surface area contributed by atoms with Gasteiger partial charge in [-0.1, -0.05) is 223 Å². The van der Waals surface area contributed by atoms with Crippen LogP contribution in [0, 0.1) is 0 Å². The number of hydrogen-bond donors (Lipinski definition) is 0. The molecule has 0 saturated heterocycles. The Balaban J connectivity index is 4.30. The maximum atomic E-state index is 12.7. The summed E-state index contributed by atoms with van der Waals surface area (Å²) in [5.74, 6) is -0.960. The van der Waals surface area contributed by atoms with E-state index in [4.69, 9.17) is 14.2 Å². The monoisotopic (exact) mass is 825 g/mol. The average molecular weight is 825 g/mol. The van der Waals surface area contributed by atoms with Gasteiger partial charge in [-0.2, -0.15) is 0 Å². The molecule has 0 aromatic heterocycles. The lowest BCUT2D eigenvalue weighted by Gasteiger charge is -2.18. The van der Waals surface area contributed by atoms with E-state index in [2.05, 4.69) is 81.5 Å². The van der Waals surface area contributed by atoms with E-state index in [9.17, 15) is 14.4 Å². The van der Waals surface area contributed by atoms with Crippen LogP contribution >= 0.6 is 0 Å². The fraction of sp³-hybridized carbons (Fsp3) is 0.755. The number of rotatable bonds is 44. The topological polar surface area (TPSA) is 78.9 Å². The van der Waals surface area contributed by atoms with Gasteiger partial charge in [-0.15, -0.1) is 0 Å². The van der Waals surface area contributed by atoms with Crippen LogP contribution in [0.2, 0.25) is 0 Å². The van der Waals surface area contributed by atoms with Crippen molar-refractivity contribution in [1.29, 1.82) is 0 Å².